The first kappa shape index (κ1) is 9.90. The minimum absolute atomic E-state index is 0.00540. The molecule has 4 heteroatoms. The second-order valence-corrected chi connectivity index (χ2v) is 8.77. The Morgan fingerprint density at radius 1 is 1.50 bits per heavy atom. The molecule has 0 aliphatic heterocycles. The summed E-state index contributed by atoms with van der Waals surface area (Å²) in [4.78, 5) is 10.9. The maximum absolute atomic E-state index is 10.9. The molecule has 60 valence electrons. The number of hydrogen-bond donors (Lipinski definition) is 0. The van der Waals surface area contributed by atoms with E-state index in [2.05, 4.69) is 0 Å². The summed E-state index contributed by atoms with van der Waals surface area (Å²) < 4.78 is 5.20. The molecule has 0 aromatic carbocycles. The lowest BCUT2D eigenvalue weighted by Gasteiger charge is -2.16. The van der Waals surface area contributed by atoms with E-state index < -0.39 is 8.32 Å². The Labute approximate surface area is 66.5 Å². The Morgan fingerprint density at radius 2 is 2.00 bits per heavy atom. The molecule has 0 aromatic rings. The molecule has 0 spiro atoms. The summed E-state index contributed by atoms with van der Waals surface area (Å²) in [6.45, 7) is 6.08. The van der Waals surface area contributed by atoms with E-state index in [1.807, 2.05) is 19.6 Å². The highest BCUT2D eigenvalue weighted by Crippen LogP contribution is 2.04. The van der Waals surface area contributed by atoms with E-state index in [0.717, 1.165) is 16.3 Å². The molecule has 0 aliphatic carbocycles. The standard InChI is InChI=1S/C6H16O2Si2/c1-10(2,3)8-6(7)4-5-9/h4-5H2,1-3,9H3. The number of rotatable bonds is 3. The van der Waals surface area contributed by atoms with Gasteiger partial charge in [0.1, 0.15) is 0 Å². The van der Waals surface area contributed by atoms with Crippen molar-refractivity contribution in [3.8, 4) is 0 Å². The Bertz CT molecular complexity index is 117. The van der Waals surface area contributed by atoms with Crippen LogP contribution in [0.3, 0.4) is 0 Å². The van der Waals surface area contributed by atoms with E-state index in [1.54, 1.807) is 0 Å². The summed E-state index contributed by atoms with van der Waals surface area (Å²) >= 11 is 0. The van der Waals surface area contributed by atoms with E-state index >= 15 is 0 Å². The van der Waals surface area contributed by atoms with Gasteiger partial charge in [0, 0.05) is 16.7 Å². The van der Waals surface area contributed by atoms with Crippen LogP contribution in [-0.2, 0) is 9.22 Å². The summed E-state index contributed by atoms with van der Waals surface area (Å²) in [5.41, 5.74) is 0. The quantitative estimate of drug-likeness (QED) is 0.587. The van der Waals surface area contributed by atoms with Crippen LogP contribution in [0.1, 0.15) is 6.42 Å². The Morgan fingerprint density at radius 3 is 2.30 bits per heavy atom. The maximum atomic E-state index is 10.9. The minimum Gasteiger partial charge on any atom is -0.520 e. The van der Waals surface area contributed by atoms with Gasteiger partial charge in [-0.2, -0.15) is 0 Å². The lowest BCUT2D eigenvalue weighted by atomic mass is 10.5. The predicted octanol–water partition coefficient (Wildman–Crippen LogP) is 0.538. The van der Waals surface area contributed by atoms with Gasteiger partial charge < -0.3 is 4.43 Å². The van der Waals surface area contributed by atoms with Crippen molar-refractivity contribution in [1.29, 1.82) is 0 Å². The van der Waals surface area contributed by atoms with Crippen molar-refractivity contribution in [1.82, 2.24) is 0 Å². The smallest absolute Gasteiger partial charge is 0.292 e. The Kier molecular flexibility index (Phi) is 3.89. The molecule has 0 aromatic heterocycles. The van der Waals surface area contributed by atoms with Gasteiger partial charge in [0.2, 0.25) is 8.32 Å². The molecule has 0 fully saturated rings. The van der Waals surface area contributed by atoms with Crippen LogP contribution in [0.15, 0.2) is 0 Å². The summed E-state index contributed by atoms with van der Waals surface area (Å²) in [6.07, 6.45) is 0.622. The molecule has 0 radical (unpaired) electrons. The number of carbonyl (C=O) groups excluding carboxylic acids is 1. The molecule has 0 atom stereocenters. The minimum atomic E-state index is -1.59. The molecule has 0 heterocycles. The lowest BCUT2D eigenvalue weighted by molar-refractivity contribution is -0.134. The molecule has 10 heavy (non-hydrogen) atoms. The molecule has 0 rings (SSSR count). The van der Waals surface area contributed by atoms with Gasteiger partial charge in [-0.25, -0.2) is 0 Å². The molecular weight excluding hydrogens is 160 g/mol. The number of hydrogen-bond acceptors (Lipinski definition) is 2. The van der Waals surface area contributed by atoms with Gasteiger partial charge in [0.05, 0.1) is 0 Å². The van der Waals surface area contributed by atoms with Crippen molar-refractivity contribution < 1.29 is 9.22 Å². The molecular formula is C6H16O2Si2. The molecule has 0 aliphatic rings. The van der Waals surface area contributed by atoms with Gasteiger partial charge in [-0.3, -0.25) is 4.79 Å². The van der Waals surface area contributed by atoms with Gasteiger partial charge >= 0.3 is 0 Å². The average molecular weight is 176 g/mol. The second-order valence-electron chi connectivity index (χ2n) is 3.34. The van der Waals surface area contributed by atoms with Gasteiger partial charge in [-0.05, 0) is 19.6 Å². The van der Waals surface area contributed by atoms with E-state index in [9.17, 15) is 4.79 Å². The van der Waals surface area contributed by atoms with Crippen LogP contribution in [0.2, 0.25) is 25.7 Å². The SMILES string of the molecule is C[Si](C)(C)OC(=O)CC[SiH3]. The summed E-state index contributed by atoms with van der Waals surface area (Å²) in [5, 5.41) is 0. The largest absolute Gasteiger partial charge is 0.520 e. The Balaban J connectivity index is 3.58. The highest BCUT2D eigenvalue weighted by atomic mass is 28.4. The fourth-order valence-electron chi connectivity index (χ4n) is 0.597. The second kappa shape index (κ2) is 3.93. The maximum Gasteiger partial charge on any atom is 0.292 e. The van der Waals surface area contributed by atoms with Crippen LogP contribution >= 0.6 is 0 Å². The van der Waals surface area contributed by atoms with Crippen molar-refractivity contribution in [3.63, 3.8) is 0 Å². The van der Waals surface area contributed by atoms with Crippen LogP contribution in [0.25, 0.3) is 0 Å². The third-order valence-electron chi connectivity index (χ3n) is 0.874. The molecule has 0 N–H and O–H groups in total. The first-order valence-electron chi connectivity index (χ1n) is 3.67. The van der Waals surface area contributed by atoms with Gasteiger partial charge in [-0.1, -0.05) is 6.04 Å². The molecule has 0 amide bonds. The van der Waals surface area contributed by atoms with Gasteiger partial charge in [-0.15, -0.1) is 0 Å². The first-order chi connectivity index (χ1) is 4.45. The van der Waals surface area contributed by atoms with Gasteiger partial charge in [0.15, 0.2) is 0 Å². The van der Waals surface area contributed by atoms with Gasteiger partial charge in [0.25, 0.3) is 5.97 Å². The third kappa shape index (κ3) is 6.03. The van der Waals surface area contributed by atoms with Crippen molar-refractivity contribution in [2.75, 3.05) is 0 Å². The highest BCUT2D eigenvalue weighted by Gasteiger charge is 2.18. The molecule has 0 bridgehead atoms. The molecule has 2 nitrogen and oxygen atoms in total. The van der Waals surface area contributed by atoms with Crippen LogP contribution in [0, 0.1) is 0 Å². The molecule has 0 saturated carbocycles. The van der Waals surface area contributed by atoms with Crippen LogP contribution in [0.5, 0.6) is 0 Å². The normalized spacial score (nSPS) is 11.5. The predicted molar refractivity (Wildman–Crippen MR) is 48.8 cm³/mol. The summed E-state index contributed by atoms with van der Waals surface area (Å²) in [5.74, 6) is -0.00540. The summed E-state index contributed by atoms with van der Waals surface area (Å²) in [7, 11) is -0.499. The van der Waals surface area contributed by atoms with Crippen molar-refractivity contribution in [2.45, 2.75) is 32.1 Å². The van der Waals surface area contributed by atoms with Crippen LogP contribution in [-0.4, -0.2) is 24.5 Å². The fourth-order valence-corrected chi connectivity index (χ4v) is 1.79. The van der Waals surface area contributed by atoms with E-state index in [0.29, 0.717) is 6.42 Å². The average Bonchev–Trinajstić information content (AvgIpc) is 1.59. The zero-order chi connectivity index (χ0) is 8.20. The molecule has 0 unspecified atom stereocenters. The van der Waals surface area contributed by atoms with Crippen molar-refractivity contribution in [3.05, 3.63) is 0 Å². The third-order valence-corrected chi connectivity index (χ3v) is 2.21. The number of carbonyl (C=O) groups is 1. The van der Waals surface area contributed by atoms with Crippen molar-refractivity contribution >= 4 is 24.5 Å². The highest BCUT2D eigenvalue weighted by molar-refractivity contribution is 6.71. The zero-order valence-electron chi connectivity index (χ0n) is 7.23. The van der Waals surface area contributed by atoms with Crippen LogP contribution in [0.4, 0.5) is 0 Å². The van der Waals surface area contributed by atoms with E-state index in [1.165, 1.54) is 0 Å². The zero-order valence-corrected chi connectivity index (χ0v) is 10.2. The van der Waals surface area contributed by atoms with E-state index in [-0.39, 0.29) is 5.97 Å². The topological polar surface area (TPSA) is 26.3 Å². The molecule has 0 saturated heterocycles. The van der Waals surface area contributed by atoms with Crippen molar-refractivity contribution in [2.24, 2.45) is 0 Å². The monoisotopic (exact) mass is 176 g/mol. The lowest BCUT2D eigenvalue weighted by Crippen LogP contribution is -2.28. The van der Waals surface area contributed by atoms with Crippen LogP contribution < -0.4 is 0 Å². The fraction of sp³-hybridized carbons (Fsp3) is 0.833. The van der Waals surface area contributed by atoms with E-state index in [4.69, 9.17) is 4.43 Å². The summed E-state index contributed by atoms with van der Waals surface area (Å²) in [6, 6.07) is 1.02. The Hall–Kier alpha value is -0.0962. The first-order valence-corrected chi connectivity index (χ1v) is 8.50.